The Morgan fingerprint density at radius 3 is 2.68 bits per heavy atom. The van der Waals surface area contributed by atoms with Crippen molar-refractivity contribution >= 4 is 5.91 Å². The van der Waals surface area contributed by atoms with Gasteiger partial charge in [0, 0.05) is 51.7 Å². The number of rotatable bonds is 3. The number of hydrogen-bond donors (Lipinski definition) is 0. The zero-order valence-electron chi connectivity index (χ0n) is 12.7. The quantitative estimate of drug-likeness (QED) is 0.814. The number of likely N-dealkylation sites (tertiary alicyclic amines) is 2. The summed E-state index contributed by atoms with van der Waals surface area (Å²) in [6.07, 6.45) is 5.93. The van der Waals surface area contributed by atoms with E-state index in [4.69, 9.17) is 4.74 Å². The Hall–Kier alpha value is -1.53. The molecule has 0 aromatic carbocycles. The number of nitrogens with zero attached hydrogens (tertiary/aromatic N) is 4. The van der Waals surface area contributed by atoms with Gasteiger partial charge in [-0.2, -0.15) is 0 Å². The Kier molecular flexibility index (Phi) is 3.80. The van der Waals surface area contributed by atoms with Crippen LogP contribution in [-0.4, -0.2) is 71.6 Å². The number of ether oxygens (including phenoxy) is 1. The number of carbonyl (C=O) groups excluding carboxylic acids is 1. The third-order valence-electron chi connectivity index (χ3n) is 5.17. The standard InChI is InChI=1S/C16H22N4O2/c21-16(15-5-17-2-3-18-15)20-9-13-7-19(8-14(13)10-20)6-12-1-4-22-11-12/h2-3,5,12-14H,1,4,6-11H2/t12-,13-,14+/m1/s1. The van der Waals surface area contributed by atoms with Crippen molar-refractivity contribution in [2.75, 3.05) is 45.9 Å². The zero-order chi connectivity index (χ0) is 14.9. The molecule has 0 spiro atoms. The van der Waals surface area contributed by atoms with Crippen LogP contribution in [0.5, 0.6) is 0 Å². The van der Waals surface area contributed by atoms with Gasteiger partial charge in [-0.1, -0.05) is 0 Å². The summed E-state index contributed by atoms with van der Waals surface area (Å²) in [5.74, 6) is 1.96. The van der Waals surface area contributed by atoms with Gasteiger partial charge in [-0.15, -0.1) is 0 Å². The molecule has 0 saturated carbocycles. The fourth-order valence-electron chi connectivity index (χ4n) is 4.07. The van der Waals surface area contributed by atoms with Crippen LogP contribution in [-0.2, 0) is 4.74 Å². The first-order chi connectivity index (χ1) is 10.8. The van der Waals surface area contributed by atoms with Crippen molar-refractivity contribution < 1.29 is 9.53 Å². The average molecular weight is 302 g/mol. The highest BCUT2D eigenvalue weighted by Crippen LogP contribution is 2.32. The maximum Gasteiger partial charge on any atom is 0.274 e. The summed E-state index contributed by atoms with van der Waals surface area (Å²) in [6.45, 7) is 6.95. The summed E-state index contributed by atoms with van der Waals surface area (Å²) in [6, 6.07) is 0. The lowest BCUT2D eigenvalue weighted by atomic mass is 10.0. The van der Waals surface area contributed by atoms with E-state index in [1.807, 2.05) is 4.90 Å². The number of hydrogen-bond acceptors (Lipinski definition) is 5. The molecule has 3 fully saturated rings. The van der Waals surface area contributed by atoms with Gasteiger partial charge in [-0.25, -0.2) is 4.98 Å². The van der Waals surface area contributed by atoms with Gasteiger partial charge in [0.05, 0.1) is 12.8 Å². The third kappa shape index (κ3) is 2.73. The molecule has 0 radical (unpaired) electrons. The molecule has 1 amide bonds. The van der Waals surface area contributed by atoms with Crippen LogP contribution >= 0.6 is 0 Å². The number of carbonyl (C=O) groups is 1. The van der Waals surface area contributed by atoms with Gasteiger partial charge in [-0.3, -0.25) is 9.78 Å². The third-order valence-corrected chi connectivity index (χ3v) is 5.17. The Morgan fingerprint density at radius 1 is 1.23 bits per heavy atom. The minimum Gasteiger partial charge on any atom is -0.381 e. The summed E-state index contributed by atoms with van der Waals surface area (Å²) >= 11 is 0. The molecule has 0 aliphatic carbocycles. The van der Waals surface area contributed by atoms with E-state index >= 15 is 0 Å². The van der Waals surface area contributed by atoms with Crippen molar-refractivity contribution in [2.45, 2.75) is 6.42 Å². The van der Waals surface area contributed by atoms with Crippen LogP contribution in [0.2, 0.25) is 0 Å². The molecule has 3 aliphatic heterocycles. The molecule has 118 valence electrons. The second kappa shape index (κ2) is 5.93. The first-order valence-corrected chi connectivity index (χ1v) is 8.15. The highest BCUT2D eigenvalue weighted by Gasteiger charge is 2.42. The van der Waals surface area contributed by atoms with E-state index in [1.165, 1.54) is 6.42 Å². The van der Waals surface area contributed by atoms with Crippen molar-refractivity contribution in [2.24, 2.45) is 17.8 Å². The van der Waals surface area contributed by atoms with Gasteiger partial charge in [0.1, 0.15) is 5.69 Å². The molecule has 0 bridgehead atoms. The normalized spacial score (nSPS) is 31.6. The number of aromatic nitrogens is 2. The van der Waals surface area contributed by atoms with E-state index < -0.39 is 0 Å². The SMILES string of the molecule is O=C(c1cnccn1)N1C[C@H]2CN(C[C@H]3CCOC3)C[C@H]2C1. The predicted molar refractivity (Wildman–Crippen MR) is 80.3 cm³/mol. The Labute approximate surface area is 130 Å². The molecule has 1 aromatic rings. The number of amides is 1. The van der Waals surface area contributed by atoms with E-state index in [-0.39, 0.29) is 5.91 Å². The van der Waals surface area contributed by atoms with Gasteiger partial charge in [-0.05, 0) is 24.2 Å². The Bertz CT molecular complexity index is 518. The van der Waals surface area contributed by atoms with Crippen molar-refractivity contribution in [3.05, 3.63) is 24.3 Å². The first-order valence-electron chi connectivity index (χ1n) is 8.15. The van der Waals surface area contributed by atoms with Gasteiger partial charge >= 0.3 is 0 Å². The molecule has 6 heteroatoms. The monoisotopic (exact) mass is 302 g/mol. The zero-order valence-corrected chi connectivity index (χ0v) is 12.7. The van der Waals surface area contributed by atoms with Crippen molar-refractivity contribution in [3.8, 4) is 0 Å². The van der Waals surface area contributed by atoms with Gasteiger partial charge in [0.2, 0.25) is 0 Å². The highest BCUT2D eigenvalue weighted by atomic mass is 16.5. The largest absolute Gasteiger partial charge is 0.381 e. The van der Waals surface area contributed by atoms with Crippen LogP contribution in [0.15, 0.2) is 18.6 Å². The van der Waals surface area contributed by atoms with Crippen LogP contribution < -0.4 is 0 Å². The fourth-order valence-corrected chi connectivity index (χ4v) is 4.07. The molecule has 3 atom stereocenters. The molecular weight excluding hydrogens is 280 g/mol. The minimum atomic E-state index is 0.0262. The lowest BCUT2D eigenvalue weighted by Crippen LogP contribution is -2.35. The van der Waals surface area contributed by atoms with Crippen LogP contribution in [0.4, 0.5) is 0 Å². The van der Waals surface area contributed by atoms with Crippen molar-refractivity contribution in [1.29, 1.82) is 0 Å². The van der Waals surface area contributed by atoms with Crippen LogP contribution in [0, 0.1) is 17.8 Å². The number of fused-ring (bicyclic) bond motifs is 1. The molecule has 4 rings (SSSR count). The summed E-state index contributed by atoms with van der Waals surface area (Å²) in [5.41, 5.74) is 0.461. The van der Waals surface area contributed by atoms with Crippen molar-refractivity contribution in [1.82, 2.24) is 19.8 Å². The molecular formula is C16H22N4O2. The molecule has 22 heavy (non-hydrogen) atoms. The van der Waals surface area contributed by atoms with E-state index in [0.717, 1.165) is 45.9 Å². The molecule has 0 unspecified atom stereocenters. The van der Waals surface area contributed by atoms with E-state index in [0.29, 0.717) is 23.4 Å². The molecule has 3 aliphatic rings. The van der Waals surface area contributed by atoms with E-state index in [1.54, 1.807) is 18.6 Å². The molecule has 0 N–H and O–H groups in total. The van der Waals surface area contributed by atoms with E-state index in [2.05, 4.69) is 14.9 Å². The van der Waals surface area contributed by atoms with Gasteiger partial charge in [0.15, 0.2) is 0 Å². The lowest BCUT2D eigenvalue weighted by Gasteiger charge is -2.23. The molecule has 1 aromatic heterocycles. The van der Waals surface area contributed by atoms with Crippen LogP contribution in [0.1, 0.15) is 16.9 Å². The Balaban J connectivity index is 1.32. The first kappa shape index (κ1) is 14.1. The maximum atomic E-state index is 12.4. The highest BCUT2D eigenvalue weighted by molar-refractivity contribution is 5.92. The van der Waals surface area contributed by atoms with Gasteiger partial charge in [0.25, 0.3) is 5.91 Å². The molecule has 3 saturated heterocycles. The second-order valence-electron chi connectivity index (χ2n) is 6.77. The summed E-state index contributed by atoms with van der Waals surface area (Å²) in [4.78, 5) is 25.1. The van der Waals surface area contributed by atoms with E-state index in [9.17, 15) is 4.79 Å². The minimum absolute atomic E-state index is 0.0262. The molecule has 6 nitrogen and oxygen atoms in total. The maximum absolute atomic E-state index is 12.4. The smallest absolute Gasteiger partial charge is 0.274 e. The summed E-state index contributed by atoms with van der Waals surface area (Å²) in [7, 11) is 0. The Morgan fingerprint density at radius 2 is 2.05 bits per heavy atom. The van der Waals surface area contributed by atoms with Crippen LogP contribution in [0.25, 0.3) is 0 Å². The van der Waals surface area contributed by atoms with Crippen LogP contribution in [0.3, 0.4) is 0 Å². The topological polar surface area (TPSA) is 58.6 Å². The van der Waals surface area contributed by atoms with Crippen molar-refractivity contribution in [3.63, 3.8) is 0 Å². The summed E-state index contributed by atoms with van der Waals surface area (Å²) < 4.78 is 5.47. The lowest BCUT2D eigenvalue weighted by molar-refractivity contribution is 0.0766. The van der Waals surface area contributed by atoms with Gasteiger partial charge < -0.3 is 14.5 Å². The fraction of sp³-hybridized carbons (Fsp3) is 0.688. The second-order valence-corrected chi connectivity index (χ2v) is 6.77. The molecule has 4 heterocycles. The average Bonchev–Trinajstić information content (AvgIpc) is 3.24. The predicted octanol–water partition coefficient (Wildman–Crippen LogP) is 0.517. The summed E-state index contributed by atoms with van der Waals surface area (Å²) in [5, 5.41) is 0.